The fourth-order valence-corrected chi connectivity index (χ4v) is 3.46. The van der Waals surface area contributed by atoms with Crippen LogP contribution in [0.5, 0.6) is 11.5 Å². The fraction of sp³-hybridized carbons (Fsp3) is 0.200. The highest BCUT2D eigenvalue weighted by Gasteiger charge is 2.09. The number of carbonyl (C=O) groups is 1. The van der Waals surface area contributed by atoms with Crippen molar-refractivity contribution in [2.75, 3.05) is 26.3 Å². The summed E-state index contributed by atoms with van der Waals surface area (Å²) in [5.74, 6) is 0.264. The number of aromatic carboxylic acids is 1. The SMILES string of the molecule is O=C(O)c1ccc(-c2ccc(OCCNCC(O)COc3cccc4[nH]c(=O)[nH]c34)cc2)cc1. The van der Waals surface area contributed by atoms with Crippen molar-refractivity contribution < 1.29 is 24.5 Å². The molecule has 0 radical (unpaired) electrons. The van der Waals surface area contributed by atoms with E-state index in [-0.39, 0.29) is 17.9 Å². The number of hydrogen-bond acceptors (Lipinski definition) is 6. The molecule has 0 spiro atoms. The summed E-state index contributed by atoms with van der Waals surface area (Å²) in [6, 6.07) is 19.5. The number of rotatable bonds is 11. The third-order valence-electron chi connectivity index (χ3n) is 5.19. The van der Waals surface area contributed by atoms with Gasteiger partial charge in [-0.2, -0.15) is 0 Å². The van der Waals surface area contributed by atoms with Crippen LogP contribution in [0.3, 0.4) is 0 Å². The normalized spacial score (nSPS) is 11.9. The number of carboxylic acids is 1. The Hall–Kier alpha value is -4.08. The number of aromatic nitrogens is 2. The largest absolute Gasteiger partial charge is 0.492 e. The van der Waals surface area contributed by atoms with E-state index in [0.717, 1.165) is 11.1 Å². The number of imidazole rings is 1. The van der Waals surface area contributed by atoms with Gasteiger partial charge < -0.3 is 35.0 Å². The van der Waals surface area contributed by atoms with Gasteiger partial charge in [-0.25, -0.2) is 9.59 Å². The zero-order chi connectivity index (χ0) is 23.9. The Balaban J connectivity index is 1.16. The summed E-state index contributed by atoms with van der Waals surface area (Å²) in [5, 5.41) is 22.3. The van der Waals surface area contributed by atoms with Crippen LogP contribution in [-0.2, 0) is 0 Å². The predicted molar refractivity (Wildman–Crippen MR) is 128 cm³/mol. The Morgan fingerprint density at radius 1 is 0.941 bits per heavy atom. The molecule has 1 aromatic heterocycles. The molecule has 0 aliphatic rings. The fourth-order valence-electron chi connectivity index (χ4n) is 3.46. The number of ether oxygens (including phenoxy) is 2. The van der Waals surface area contributed by atoms with E-state index < -0.39 is 12.1 Å². The lowest BCUT2D eigenvalue weighted by Gasteiger charge is -2.14. The van der Waals surface area contributed by atoms with E-state index in [2.05, 4.69) is 15.3 Å². The highest BCUT2D eigenvalue weighted by Crippen LogP contribution is 2.23. The van der Waals surface area contributed by atoms with Crippen molar-refractivity contribution in [1.29, 1.82) is 0 Å². The maximum absolute atomic E-state index is 11.4. The minimum absolute atomic E-state index is 0.0785. The van der Waals surface area contributed by atoms with Crippen molar-refractivity contribution in [3.05, 3.63) is 82.8 Å². The first kappa shape index (κ1) is 23.1. The molecule has 4 rings (SSSR count). The van der Waals surface area contributed by atoms with Gasteiger partial charge in [-0.15, -0.1) is 0 Å². The zero-order valence-corrected chi connectivity index (χ0v) is 18.3. The van der Waals surface area contributed by atoms with Crippen molar-refractivity contribution in [3.63, 3.8) is 0 Å². The van der Waals surface area contributed by atoms with Gasteiger partial charge in [0.25, 0.3) is 0 Å². The number of nitrogens with one attached hydrogen (secondary N) is 3. The van der Waals surface area contributed by atoms with Crippen LogP contribution in [0, 0.1) is 0 Å². The second-order valence-corrected chi connectivity index (χ2v) is 7.68. The lowest BCUT2D eigenvalue weighted by Crippen LogP contribution is -2.33. The van der Waals surface area contributed by atoms with Gasteiger partial charge in [0.2, 0.25) is 0 Å². The van der Waals surface area contributed by atoms with Gasteiger partial charge in [-0.3, -0.25) is 0 Å². The lowest BCUT2D eigenvalue weighted by atomic mass is 10.0. The molecule has 0 fully saturated rings. The summed E-state index contributed by atoms with van der Waals surface area (Å²) in [4.78, 5) is 27.7. The molecule has 5 N–H and O–H groups in total. The number of carboxylic acid groups (broad SMARTS) is 1. The molecule has 176 valence electrons. The van der Waals surface area contributed by atoms with E-state index in [1.807, 2.05) is 24.3 Å². The third-order valence-corrected chi connectivity index (χ3v) is 5.19. The van der Waals surface area contributed by atoms with E-state index >= 15 is 0 Å². The number of aliphatic hydroxyl groups is 1. The zero-order valence-electron chi connectivity index (χ0n) is 18.3. The van der Waals surface area contributed by atoms with Crippen LogP contribution in [0.4, 0.5) is 0 Å². The number of H-pyrrole nitrogens is 2. The van der Waals surface area contributed by atoms with Gasteiger partial charge in [0, 0.05) is 13.1 Å². The topological polar surface area (TPSA) is 137 Å². The van der Waals surface area contributed by atoms with Gasteiger partial charge >= 0.3 is 11.7 Å². The van der Waals surface area contributed by atoms with Gasteiger partial charge in [0.05, 0.1) is 11.1 Å². The van der Waals surface area contributed by atoms with E-state index in [4.69, 9.17) is 14.6 Å². The minimum atomic E-state index is -0.948. The van der Waals surface area contributed by atoms with Crippen LogP contribution in [-0.4, -0.2) is 58.6 Å². The minimum Gasteiger partial charge on any atom is -0.492 e. The van der Waals surface area contributed by atoms with Crippen LogP contribution in [0.1, 0.15) is 10.4 Å². The molecule has 0 bridgehead atoms. The monoisotopic (exact) mass is 463 g/mol. The number of hydrogen-bond donors (Lipinski definition) is 5. The average molecular weight is 463 g/mol. The van der Waals surface area contributed by atoms with E-state index in [9.17, 15) is 14.7 Å². The highest BCUT2D eigenvalue weighted by atomic mass is 16.5. The third kappa shape index (κ3) is 5.83. The Morgan fingerprint density at radius 2 is 1.65 bits per heavy atom. The standard InChI is InChI=1S/C25H25N3O6/c29-19(15-34-22-3-1-2-21-23(22)28-25(32)27-21)14-26-12-13-33-20-10-8-17(9-11-20)16-4-6-18(7-5-16)24(30)31/h1-11,19,26,29H,12-15H2,(H,30,31)(H2,27,28,32). The Bertz CT molecular complexity index is 1290. The van der Waals surface area contributed by atoms with Gasteiger partial charge in [0.15, 0.2) is 0 Å². The lowest BCUT2D eigenvalue weighted by molar-refractivity contribution is 0.0697. The molecular weight excluding hydrogens is 438 g/mol. The van der Waals surface area contributed by atoms with Crippen LogP contribution in [0.2, 0.25) is 0 Å². The van der Waals surface area contributed by atoms with Gasteiger partial charge in [0.1, 0.15) is 36.3 Å². The maximum atomic E-state index is 11.4. The molecular formula is C25H25N3O6. The van der Waals surface area contributed by atoms with E-state index in [1.54, 1.807) is 42.5 Å². The summed E-state index contributed by atoms with van der Waals surface area (Å²) >= 11 is 0. The molecule has 3 aromatic carbocycles. The van der Waals surface area contributed by atoms with Crippen molar-refractivity contribution in [2.24, 2.45) is 0 Å². The quantitative estimate of drug-likeness (QED) is 0.216. The molecule has 4 aromatic rings. The second kappa shape index (κ2) is 10.7. The van der Waals surface area contributed by atoms with Crippen LogP contribution in [0.25, 0.3) is 22.2 Å². The second-order valence-electron chi connectivity index (χ2n) is 7.68. The first-order valence-corrected chi connectivity index (χ1v) is 10.8. The highest BCUT2D eigenvalue weighted by molar-refractivity contribution is 5.88. The molecule has 9 nitrogen and oxygen atoms in total. The maximum Gasteiger partial charge on any atom is 0.335 e. The van der Waals surface area contributed by atoms with Crippen molar-refractivity contribution in [1.82, 2.24) is 15.3 Å². The van der Waals surface area contributed by atoms with Gasteiger partial charge in [-0.1, -0.05) is 30.3 Å². The van der Waals surface area contributed by atoms with Crippen LogP contribution in [0.15, 0.2) is 71.5 Å². The van der Waals surface area contributed by atoms with E-state index in [1.165, 1.54) is 0 Å². The smallest absolute Gasteiger partial charge is 0.335 e. The predicted octanol–water partition coefficient (Wildman–Crippen LogP) is 2.63. The summed E-state index contributed by atoms with van der Waals surface area (Å²) in [5.41, 5.74) is 3.05. The first-order chi connectivity index (χ1) is 16.5. The molecule has 1 heterocycles. The van der Waals surface area contributed by atoms with Crippen LogP contribution >= 0.6 is 0 Å². The van der Waals surface area contributed by atoms with Crippen LogP contribution < -0.4 is 20.5 Å². The summed E-state index contributed by atoms with van der Waals surface area (Å²) < 4.78 is 11.4. The molecule has 0 saturated carbocycles. The molecule has 0 aliphatic carbocycles. The van der Waals surface area contributed by atoms with Crippen molar-refractivity contribution >= 4 is 17.0 Å². The first-order valence-electron chi connectivity index (χ1n) is 10.8. The Labute approximate surface area is 195 Å². The average Bonchev–Trinajstić information content (AvgIpc) is 3.23. The summed E-state index contributed by atoms with van der Waals surface area (Å²) in [6.07, 6.45) is -0.729. The van der Waals surface area contributed by atoms with Gasteiger partial charge in [-0.05, 0) is 47.5 Å². The molecule has 34 heavy (non-hydrogen) atoms. The number of aromatic amines is 2. The molecule has 0 amide bonds. The number of para-hydroxylation sites is 1. The Morgan fingerprint density at radius 3 is 2.35 bits per heavy atom. The Kier molecular flexibility index (Phi) is 7.26. The molecule has 0 saturated heterocycles. The van der Waals surface area contributed by atoms with Crippen molar-refractivity contribution in [3.8, 4) is 22.6 Å². The molecule has 0 aliphatic heterocycles. The number of fused-ring (bicyclic) bond motifs is 1. The van der Waals surface area contributed by atoms with E-state index in [0.29, 0.717) is 42.2 Å². The van der Waals surface area contributed by atoms with Crippen molar-refractivity contribution in [2.45, 2.75) is 6.10 Å². The number of aliphatic hydroxyl groups excluding tert-OH is 1. The molecule has 9 heteroatoms. The molecule has 1 atom stereocenters. The summed E-state index contributed by atoms with van der Waals surface area (Å²) in [7, 11) is 0. The number of benzene rings is 3. The summed E-state index contributed by atoms with van der Waals surface area (Å²) in [6.45, 7) is 1.36. The molecule has 1 unspecified atom stereocenters.